The number of ether oxygens (including phenoxy) is 2. The van der Waals surface area contributed by atoms with Crippen LogP contribution in [0.5, 0.6) is 0 Å². The fourth-order valence-corrected chi connectivity index (χ4v) is 2.50. The first-order valence-corrected chi connectivity index (χ1v) is 6.71. The summed E-state index contributed by atoms with van der Waals surface area (Å²) in [6, 6.07) is 0. The van der Waals surface area contributed by atoms with Crippen molar-refractivity contribution in [2.45, 2.75) is 31.0 Å². The third kappa shape index (κ3) is 3.52. The van der Waals surface area contributed by atoms with Gasteiger partial charge >= 0.3 is 14.2 Å². The highest BCUT2D eigenvalue weighted by molar-refractivity contribution is 7.59. The molecule has 1 aliphatic heterocycles. The topological polar surface area (TPSA) is 155 Å². The average Bonchev–Trinajstić information content (AvgIpc) is 2.63. The summed E-state index contributed by atoms with van der Waals surface area (Å²) >= 11 is 0. The Labute approximate surface area is 98.7 Å². The van der Waals surface area contributed by atoms with E-state index < -0.39 is 32.5 Å². The van der Waals surface area contributed by atoms with Crippen molar-refractivity contribution in [3.8, 4) is 0 Å². The molecule has 0 aromatic heterocycles. The number of aliphatic hydroxyl groups is 2. The van der Waals surface area contributed by atoms with E-state index in [-0.39, 0.29) is 12.6 Å². The largest absolute Gasteiger partial charge is 0.576 e. The Bertz CT molecular complexity index is 242. The Morgan fingerprint density at radius 1 is 1.35 bits per heavy atom. The molecular formula is C7H19N2O7P+4. The van der Waals surface area contributed by atoms with Gasteiger partial charge in [-0.05, 0) is 0 Å². The summed E-state index contributed by atoms with van der Waals surface area (Å²) in [7, 11) is -1.99. The second-order valence-electron chi connectivity index (χ2n) is 3.64. The second kappa shape index (κ2) is 6.30. The lowest BCUT2D eigenvalue weighted by atomic mass is 10.1. The van der Waals surface area contributed by atoms with Crippen molar-refractivity contribution in [2.75, 3.05) is 13.3 Å². The van der Waals surface area contributed by atoms with E-state index >= 15 is 0 Å². The molecular weight excluding hydrogens is 255 g/mol. The molecule has 0 unspecified atom stereocenters. The van der Waals surface area contributed by atoms with E-state index in [0.717, 1.165) is 0 Å². The van der Waals surface area contributed by atoms with Crippen LogP contribution in [0.25, 0.3) is 0 Å². The fourth-order valence-electron chi connectivity index (χ4n) is 1.60. The zero-order valence-corrected chi connectivity index (χ0v) is 10.4. The highest BCUT2D eigenvalue weighted by Crippen LogP contribution is 2.54. The number of rotatable bonds is 6. The van der Waals surface area contributed by atoms with Crippen LogP contribution < -0.4 is 11.8 Å². The van der Waals surface area contributed by atoms with Crippen molar-refractivity contribution < 1.29 is 45.6 Å². The highest BCUT2D eigenvalue weighted by Gasteiger charge is 2.54. The molecule has 0 aromatic rings. The van der Waals surface area contributed by atoms with Gasteiger partial charge in [-0.15, -0.1) is 4.74 Å². The minimum Gasteiger partial charge on any atom is -0.387 e. The van der Waals surface area contributed by atoms with Gasteiger partial charge in [0.2, 0.25) is 7.11 Å². The summed E-state index contributed by atoms with van der Waals surface area (Å²) in [5, 5.41) is 19.2. The molecule has 0 bridgehead atoms. The monoisotopic (exact) mass is 274 g/mol. The lowest BCUT2D eigenvalue weighted by Gasteiger charge is -2.12. The van der Waals surface area contributed by atoms with Crippen LogP contribution in [0, 0.1) is 0 Å². The van der Waals surface area contributed by atoms with E-state index in [4.69, 9.17) is 9.47 Å². The molecule has 17 heavy (non-hydrogen) atoms. The zero-order valence-electron chi connectivity index (χ0n) is 9.52. The molecule has 0 saturated carbocycles. The Balaban J connectivity index is 2.48. The van der Waals surface area contributed by atoms with Crippen molar-refractivity contribution in [1.82, 2.24) is 0 Å². The van der Waals surface area contributed by atoms with Crippen molar-refractivity contribution >= 4 is 7.94 Å². The molecule has 8 N–H and O–H groups in total. The van der Waals surface area contributed by atoms with E-state index in [1.54, 1.807) is 0 Å². The van der Waals surface area contributed by atoms with E-state index in [1.807, 2.05) is 0 Å². The van der Waals surface area contributed by atoms with Gasteiger partial charge in [-0.25, -0.2) is 0 Å². The summed E-state index contributed by atoms with van der Waals surface area (Å²) in [4.78, 5) is 11.6. The van der Waals surface area contributed by atoms with Crippen molar-refractivity contribution in [2.24, 2.45) is 0 Å². The van der Waals surface area contributed by atoms with Crippen molar-refractivity contribution in [1.29, 1.82) is 0 Å². The molecule has 4 atom stereocenters. The van der Waals surface area contributed by atoms with Crippen LogP contribution in [0.1, 0.15) is 6.42 Å². The van der Waals surface area contributed by atoms with E-state index in [2.05, 4.69) is 21.0 Å². The van der Waals surface area contributed by atoms with Gasteiger partial charge in [0.1, 0.15) is 6.10 Å². The Morgan fingerprint density at radius 3 is 2.35 bits per heavy atom. The molecule has 0 aromatic carbocycles. The Morgan fingerprint density at radius 2 is 1.94 bits per heavy atom. The van der Waals surface area contributed by atoms with Gasteiger partial charge in [0.15, 0.2) is 12.3 Å². The Kier molecular flexibility index (Phi) is 5.61. The number of hydrogen-bond donors (Lipinski definition) is 4. The first kappa shape index (κ1) is 15.1. The van der Waals surface area contributed by atoms with Crippen LogP contribution in [0.3, 0.4) is 0 Å². The molecule has 10 heteroatoms. The SMILES string of the molecule is C[O+][C@H]1O[C@H](CC[P+]([O])(O[NH3+])O[NH3+])[C@@H](O)[C@@H]1O. The average molecular weight is 274 g/mol. The summed E-state index contributed by atoms with van der Waals surface area (Å²) < 4.78 is 18.9. The maximum absolute atomic E-state index is 11.6. The summed E-state index contributed by atoms with van der Waals surface area (Å²) in [6.07, 6.45) is -3.69. The van der Waals surface area contributed by atoms with Gasteiger partial charge in [0.05, 0.1) is 6.10 Å². The van der Waals surface area contributed by atoms with Crippen LogP contribution in [0.4, 0.5) is 0 Å². The first-order chi connectivity index (χ1) is 7.97. The third-order valence-electron chi connectivity index (χ3n) is 2.63. The fraction of sp³-hybridized carbons (Fsp3) is 1.00. The predicted molar refractivity (Wildman–Crippen MR) is 52.7 cm³/mol. The van der Waals surface area contributed by atoms with Gasteiger partial charge in [-0.1, -0.05) is 0 Å². The number of aliphatic hydroxyl groups excluding tert-OH is 2. The molecule has 2 radical (unpaired) electrons. The highest BCUT2D eigenvalue weighted by atomic mass is 31.2. The van der Waals surface area contributed by atoms with Gasteiger partial charge in [-0.2, -0.15) is 11.8 Å². The van der Waals surface area contributed by atoms with Gasteiger partial charge < -0.3 is 10.2 Å². The molecule has 0 spiro atoms. The van der Waals surface area contributed by atoms with Crippen LogP contribution in [0.15, 0.2) is 0 Å². The molecule has 9 nitrogen and oxygen atoms in total. The first-order valence-electron chi connectivity index (χ1n) is 4.98. The van der Waals surface area contributed by atoms with E-state index in [9.17, 15) is 15.1 Å². The van der Waals surface area contributed by atoms with E-state index in [1.165, 1.54) is 7.11 Å². The quantitative estimate of drug-likeness (QED) is 0.230. The summed E-state index contributed by atoms with van der Waals surface area (Å²) in [5.74, 6) is 6.07. The van der Waals surface area contributed by atoms with Crippen molar-refractivity contribution in [3.05, 3.63) is 0 Å². The van der Waals surface area contributed by atoms with Crippen LogP contribution >= 0.6 is 7.94 Å². The van der Waals surface area contributed by atoms with Gasteiger partial charge in [0, 0.05) is 20.6 Å². The van der Waals surface area contributed by atoms with Gasteiger partial charge in [0.25, 0.3) is 0 Å². The molecule has 1 heterocycles. The third-order valence-corrected chi connectivity index (χ3v) is 4.22. The normalized spacial score (nSPS) is 34.2. The summed E-state index contributed by atoms with van der Waals surface area (Å²) in [6.45, 7) is 0. The summed E-state index contributed by atoms with van der Waals surface area (Å²) in [5.41, 5.74) is 0. The molecule has 1 saturated heterocycles. The van der Waals surface area contributed by atoms with Crippen LogP contribution in [0.2, 0.25) is 0 Å². The number of quaternary nitrogens is 2. The standard InChI is InChI=1S/C7H19N2O7P/c1-13-7-6(11)5(10)4(14-7)2-3-17(12,15-8)16-9/h4-7,10-11H,2-3H2,1,8-9H3/q+4/t4-,5-,6+,7+/m1/s1. The van der Waals surface area contributed by atoms with E-state index in [0.29, 0.717) is 0 Å². The zero-order chi connectivity index (χ0) is 13.1. The number of hydrogen-bond acceptors (Lipinski definition) is 6. The number of methoxy groups -OCH3 is 1. The van der Waals surface area contributed by atoms with Crippen LogP contribution in [-0.4, -0.2) is 48.1 Å². The lowest BCUT2D eigenvalue weighted by molar-refractivity contribution is -0.683. The molecule has 0 amide bonds. The smallest absolute Gasteiger partial charge is 0.387 e. The second-order valence-corrected chi connectivity index (χ2v) is 5.83. The van der Waals surface area contributed by atoms with Crippen LogP contribution in [-0.2, 0) is 23.6 Å². The molecule has 1 aliphatic rings. The predicted octanol–water partition coefficient (Wildman–Crippen LogP) is -2.99. The molecule has 0 aliphatic carbocycles. The van der Waals surface area contributed by atoms with Gasteiger partial charge in [-0.3, -0.25) is 4.74 Å². The maximum Gasteiger partial charge on any atom is 0.576 e. The lowest BCUT2D eigenvalue weighted by Crippen LogP contribution is -2.55. The molecule has 1 fully saturated rings. The maximum atomic E-state index is 11.6. The minimum absolute atomic E-state index is 0.0229. The van der Waals surface area contributed by atoms with Crippen molar-refractivity contribution in [3.63, 3.8) is 0 Å². The molecule has 1 rings (SSSR count). The minimum atomic E-state index is -3.34. The molecule has 100 valence electrons. The Hall–Kier alpha value is 0.0700.